The molecule has 104 valence electrons. The molecule has 1 aromatic rings. The lowest BCUT2D eigenvalue weighted by molar-refractivity contribution is 0.203. The average Bonchev–Trinajstić information content (AvgIpc) is 2.66. The van der Waals surface area contributed by atoms with E-state index in [1.807, 2.05) is 0 Å². The van der Waals surface area contributed by atoms with Crippen molar-refractivity contribution in [3.8, 4) is 0 Å². The Morgan fingerprint density at radius 3 is 2.28 bits per heavy atom. The van der Waals surface area contributed by atoms with Crippen molar-refractivity contribution in [2.75, 3.05) is 6.54 Å². The Morgan fingerprint density at radius 1 is 1.17 bits per heavy atom. The van der Waals surface area contributed by atoms with Crippen LogP contribution >= 0.6 is 11.3 Å². The van der Waals surface area contributed by atoms with E-state index < -0.39 is 0 Å². The Morgan fingerprint density at radius 2 is 1.83 bits per heavy atom. The van der Waals surface area contributed by atoms with Gasteiger partial charge in [0, 0.05) is 5.54 Å². The predicted octanol–water partition coefficient (Wildman–Crippen LogP) is 4.73. The highest BCUT2D eigenvalue weighted by Gasteiger charge is 2.25. The molecule has 0 saturated carbocycles. The molecule has 0 amide bonds. The summed E-state index contributed by atoms with van der Waals surface area (Å²) >= 11 is 1.80. The first-order valence-corrected chi connectivity index (χ1v) is 7.89. The molecular formula is C16H29NS. The predicted molar refractivity (Wildman–Crippen MR) is 83.3 cm³/mol. The minimum Gasteiger partial charge on any atom is -0.312 e. The Balaban J connectivity index is 2.51. The summed E-state index contributed by atoms with van der Waals surface area (Å²) in [6, 6.07) is 2.25. The molecule has 1 unspecified atom stereocenters. The highest BCUT2D eigenvalue weighted by molar-refractivity contribution is 7.07. The van der Waals surface area contributed by atoms with E-state index in [-0.39, 0.29) is 5.54 Å². The van der Waals surface area contributed by atoms with Crippen LogP contribution in [0.3, 0.4) is 0 Å². The molecule has 1 heterocycles. The van der Waals surface area contributed by atoms with Gasteiger partial charge < -0.3 is 5.32 Å². The quantitative estimate of drug-likeness (QED) is 0.813. The van der Waals surface area contributed by atoms with Gasteiger partial charge in [-0.1, -0.05) is 20.8 Å². The second kappa shape index (κ2) is 6.21. The smallest absolute Gasteiger partial charge is 0.00966 e. The monoisotopic (exact) mass is 267 g/mol. The SMILES string of the molecule is CC(C)(C)NCC(CCc1ccsc1)C(C)(C)C. The Kier molecular flexibility index (Phi) is 5.42. The van der Waals surface area contributed by atoms with Crippen molar-refractivity contribution < 1.29 is 0 Å². The number of rotatable bonds is 5. The number of hydrogen-bond acceptors (Lipinski definition) is 2. The second-order valence-corrected chi connectivity index (χ2v) is 8.14. The van der Waals surface area contributed by atoms with Crippen molar-refractivity contribution in [2.45, 2.75) is 59.9 Å². The second-order valence-electron chi connectivity index (χ2n) is 7.36. The third-order valence-electron chi connectivity index (χ3n) is 3.47. The van der Waals surface area contributed by atoms with Crippen molar-refractivity contribution in [3.05, 3.63) is 22.4 Å². The summed E-state index contributed by atoms with van der Waals surface area (Å²) in [6.07, 6.45) is 2.47. The molecule has 0 aromatic carbocycles. The normalized spacial score (nSPS) is 14.8. The van der Waals surface area contributed by atoms with Gasteiger partial charge in [0.2, 0.25) is 0 Å². The summed E-state index contributed by atoms with van der Waals surface area (Å²) in [5.41, 5.74) is 2.07. The maximum atomic E-state index is 3.66. The summed E-state index contributed by atoms with van der Waals surface area (Å²) in [4.78, 5) is 0. The van der Waals surface area contributed by atoms with Crippen molar-refractivity contribution in [3.63, 3.8) is 0 Å². The first kappa shape index (κ1) is 15.7. The molecule has 1 aromatic heterocycles. The van der Waals surface area contributed by atoms with Gasteiger partial charge in [0.05, 0.1) is 0 Å². The molecule has 0 fully saturated rings. The van der Waals surface area contributed by atoms with Crippen molar-refractivity contribution >= 4 is 11.3 Å². The molecule has 18 heavy (non-hydrogen) atoms. The summed E-state index contributed by atoms with van der Waals surface area (Å²) in [5, 5.41) is 8.11. The summed E-state index contributed by atoms with van der Waals surface area (Å²) in [6.45, 7) is 14.9. The molecule has 0 saturated heterocycles. The number of thiophene rings is 1. The number of hydrogen-bond donors (Lipinski definition) is 1. The first-order valence-electron chi connectivity index (χ1n) is 6.94. The Bertz CT molecular complexity index is 327. The molecule has 0 aliphatic carbocycles. The van der Waals surface area contributed by atoms with Gasteiger partial charge in [-0.2, -0.15) is 11.3 Å². The summed E-state index contributed by atoms with van der Waals surface area (Å²) in [7, 11) is 0. The van der Waals surface area contributed by atoms with Crippen LogP contribution in [0.15, 0.2) is 16.8 Å². The highest BCUT2D eigenvalue weighted by atomic mass is 32.1. The van der Waals surface area contributed by atoms with Crippen molar-refractivity contribution in [1.29, 1.82) is 0 Å². The largest absolute Gasteiger partial charge is 0.312 e. The minimum atomic E-state index is 0.214. The van der Waals surface area contributed by atoms with Crippen LogP contribution in [0.2, 0.25) is 0 Å². The fourth-order valence-electron chi connectivity index (χ4n) is 2.05. The lowest BCUT2D eigenvalue weighted by Gasteiger charge is -2.34. The molecule has 0 spiro atoms. The van der Waals surface area contributed by atoms with Crippen LogP contribution in [0.25, 0.3) is 0 Å². The van der Waals surface area contributed by atoms with Crippen LogP contribution in [0.5, 0.6) is 0 Å². The fourth-order valence-corrected chi connectivity index (χ4v) is 2.75. The fraction of sp³-hybridized carbons (Fsp3) is 0.750. The van der Waals surface area contributed by atoms with E-state index in [0.29, 0.717) is 5.41 Å². The van der Waals surface area contributed by atoms with Gasteiger partial charge in [0.1, 0.15) is 0 Å². The van der Waals surface area contributed by atoms with Gasteiger partial charge >= 0.3 is 0 Å². The van der Waals surface area contributed by atoms with E-state index in [1.54, 1.807) is 11.3 Å². The average molecular weight is 267 g/mol. The van der Waals surface area contributed by atoms with E-state index >= 15 is 0 Å². The molecule has 0 bridgehead atoms. The van der Waals surface area contributed by atoms with Crippen LogP contribution in [-0.2, 0) is 6.42 Å². The maximum absolute atomic E-state index is 3.66. The standard InChI is InChI=1S/C16H29NS/c1-15(2,3)14(11-17-16(4,5)6)8-7-13-9-10-18-12-13/h9-10,12,14,17H,7-8,11H2,1-6H3. The summed E-state index contributed by atoms with van der Waals surface area (Å²) < 4.78 is 0. The van der Waals surface area contributed by atoms with E-state index in [4.69, 9.17) is 0 Å². The Hall–Kier alpha value is -0.340. The van der Waals surface area contributed by atoms with Crippen LogP contribution in [0.1, 0.15) is 53.5 Å². The lowest BCUT2D eigenvalue weighted by atomic mass is 9.77. The zero-order valence-corrected chi connectivity index (χ0v) is 13.7. The molecule has 2 heteroatoms. The van der Waals surface area contributed by atoms with E-state index in [2.05, 4.69) is 63.7 Å². The molecule has 0 aliphatic rings. The van der Waals surface area contributed by atoms with Crippen LogP contribution in [0, 0.1) is 11.3 Å². The third-order valence-corrected chi connectivity index (χ3v) is 4.20. The maximum Gasteiger partial charge on any atom is 0.00966 e. The lowest BCUT2D eigenvalue weighted by Crippen LogP contribution is -2.42. The van der Waals surface area contributed by atoms with E-state index in [9.17, 15) is 0 Å². The highest BCUT2D eigenvalue weighted by Crippen LogP contribution is 2.30. The van der Waals surface area contributed by atoms with E-state index in [1.165, 1.54) is 18.4 Å². The van der Waals surface area contributed by atoms with Gasteiger partial charge in [0.25, 0.3) is 0 Å². The molecular weight excluding hydrogens is 238 g/mol. The van der Waals surface area contributed by atoms with Gasteiger partial charge in [-0.25, -0.2) is 0 Å². The number of aryl methyl sites for hydroxylation is 1. The van der Waals surface area contributed by atoms with Gasteiger partial charge in [-0.05, 0) is 73.9 Å². The van der Waals surface area contributed by atoms with Crippen LogP contribution < -0.4 is 5.32 Å². The van der Waals surface area contributed by atoms with Gasteiger partial charge in [-0.15, -0.1) is 0 Å². The van der Waals surface area contributed by atoms with Crippen LogP contribution in [-0.4, -0.2) is 12.1 Å². The third kappa shape index (κ3) is 6.01. The molecule has 1 atom stereocenters. The van der Waals surface area contributed by atoms with Gasteiger partial charge in [-0.3, -0.25) is 0 Å². The molecule has 0 aliphatic heterocycles. The van der Waals surface area contributed by atoms with Crippen LogP contribution in [0.4, 0.5) is 0 Å². The van der Waals surface area contributed by atoms with Crippen molar-refractivity contribution in [2.24, 2.45) is 11.3 Å². The number of nitrogens with one attached hydrogen (secondary N) is 1. The molecule has 1 nitrogen and oxygen atoms in total. The topological polar surface area (TPSA) is 12.0 Å². The minimum absolute atomic E-state index is 0.214. The Labute approximate surface area is 117 Å². The molecule has 0 radical (unpaired) electrons. The molecule has 1 rings (SSSR count). The molecule has 1 N–H and O–H groups in total. The summed E-state index contributed by atoms with van der Waals surface area (Å²) in [5.74, 6) is 0.719. The zero-order valence-electron chi connectivity index (χ0n) is 12.8. The van der Waals surface area contributed by atoms with E-state index in [0.717, 1.165) is 12.5 Å². The van der Waals surface area contributed by atoms with Gasteiger partial charge in [0.15, 0.2) is 0 Å². The first-order chi connectivity index (χ1) is 8.18. The zero-order chi connectivity index (χ0) is 13.8. The van der Waals surface area contributed by atoms with Crippen molar-refractivity contribution in [1.82, 2.24) is 5.32 Å².